The van der Waals surface area contributed by atoms with Crippen LogP contribution in [0.25, 0.3) is 6.08 Å². The molecule has 1 N–H and O–H groups in total. The second kappa shape index (κ2) is 10.3. The lowest BCUT2D eigenvalue weighted by molar-refractivity contribution is -0.138. The third kappa shape index (κ3) is 6.32. The number of ether oxygens (including phenoxy) is 2. The van der Waals surface area contributed by atoms with E-state index in [9.17, 15) is 9.59 Å². The van der Waals surface area contributed by atoms with Crippen LogP contribution in [0.1, 0.15) is 32.3 Å². The topological polar surface area (TPSA) is 76.1 Å². The summed E-state index contributed by atoms with van der Waals surface area (Å²) in [5.41, 5.74) is 0.804. The van der Waals surface area contributed by atoms with Crippen molar-refractivity contribution in [2.45, 2.75) is 26.7 Å². The Balaban J connectivity index is 2.81. The molecule has 0 unspecified atom stereocenters. The second-order valence-electron chi connectivity index (χ2n) is 5.15. The Hall–Kier alpha value is -2.50. The zero-order valence-corrected chi connectivity index (χ0v) is 14.4. The van der Waals surface area contributed by atoms with Crippen molar-refractivity contribution in [3.8, 4) is 11.5 Å². The first kappa shape index (κ1) is 19.5. The summed E-state index contributed by atoms with van der Waals surface area (Å²) < 4.78 is 10.7. The number of carbonyl (C=O) groups is 2. The van der Waals surface area contributed by atoms with Crippen LogP contribution in [0.2, 0.25) is 0 Å². The number of hydrogen-bond acceptors (Lipinski definition) is 4. The molecule has 1 amide bonds. The van der Waals surface area contributed by atoms with E-state index in [-0.39, 0.29) is 18.9 Å². The molecule has 0 saturated heterocycles. The molecule has 132 valence electrons. The molecule has 0 aliphatic carbocycles. The van der Waals surface area contributed by atoms with Gasteiger partial charge in [0.15, 0.2) is 11.5 Å². The summed E-state index contributed by atoms with van der Waals surface area (Å²) in [6.07, 6.45) is 3.85. The van der Waals surface area contributed by atoms with E-state index >= 15 is 0 Å². The normalized spacial score (nSPS) is 10.6. The predicted octanol–water partition coefficient (Wildman–Crippen LogP) is 2.82. The van der Waals surface area contributed by atoms with Crippen molar-refractivity contribution in [3.05, 3.63) is 29.8 Å². The highest BCUT2D eigenvalue weighted by Crippen LogP contribution is 2.28. The van der Waals surface area contributed by atoms with E-state index < -0.39 is 5.97 Å². The minimum Gasteiger partial charge on any atom is -0.493 e. The van der Waals surface area contributed by atoms with Crippen LogP contribution < -0.4 is 9.47 Å². The molecule has 0 aliphatic rings. The molecule has 0 radical (unpaired) electrons. The third-order valence-electron chi connectivity index (χ3n) is 3.31. The highest BCUT2D eigenvalue weighted by atomic mass is 16.5. The maximum atomic E-state index is 12.2. The number of benzene rings is 1. The maximum Gasteiger partial charge on any atom is 0.305 e. The molecule has 0 heterocycles. The molecule has 6 nitrogen and oxygen atoms in total. The molecule has 24 heavy (non-hydrogen) atoms. The van der Waals surface area contributed by atoms with Gasteiger partial charge in [0.25, 0.3) is 0 Å². The smallest absolute Gasteiger partial charge is 0.305 e. The maximum absolute atomic E-state index is 12.2. The second-order valence-corrected chi connectivity index (χ2v) is 5.15. The molecule has 0 atom stereocenters. The largest absolute Gasteiger partial charge is 0.493 e. The molecule has 0 aromatic heterocycles. The number of hydrogen-bond donors (Lipinski definition) is 1. The Morgan fingerprint density at radius 3 is 2.54 bits per heavy atom. The van der Waals surface area contributed by atoms with Crippen molar-refractivity contribution in [1.82, 2.24) is 4.90 Å². The van der Waals surface area contributed by atoms with Gasteiger partial charge in [-0.2, -0.15) is 0 Å². The minimum atomic E-state index is -0.913. The van der Waals surface area contributed by atoms with Crippen LogP contribution in [0.15, 0.2) is 24.3 Å². The molecule has 1 rings (SSSR count). The van der Waals surface area contributed by atoms with Gasteiger partial charge in [0, 0.05) is 19.2 Å². The van der Waals surface area contributed by atoms with Gasteiger partial charge in [-0.25, -0.2) is 0 Å². The average Bonchev–Trinajstić information content (AvgIpc) is 2.57. The van der Waals surface area contributed by atoms with Gasteiger partial charge in [0.1, 0.15) is 0 Å². The monoisotopic (exact) mass is 335 g/mol. The molecule has 0 fully saturated rings. The van der Waals surface area contributed by atoms with Gasteiger partial charge in [-0.3, -0.25) is 9.59 Å². The molecule has 0 bridgehead atoms. The van der Waals surface area contributed by atoms with E-state index in [1.807, 2.05) is 19.9 Å². The van der Waals surface area contributed by atoms with Gasteiger partial charge in [-0.05, 0) is 37.1 Å². The number of aliphatic carboxylic acids is 1. The molecule has 6 heteroatoms. The van der Waals surface area contributed by atoms with Gasteiger partial charge in [-0.15, -0.1) is 0 Å². The number of nitrogens with zero attached hydrogens (tertiary/aromatic N) is 1. The first-order valence-electron chi connectivity index (χ1n) is 8.01. The van der Waals surface area contributed by atoms with Crippen LogP contribution in [0, 0.1) is 0 Å². The average molecular weight is 335 g/mol. The lowest BCUT2D eigenvalue weighted by Gasteiger charge is -2.19. The highest BCUT2D eigenvalue weighted by molar-refractivity contribution is 5.92. The molecule has 0 spiro atoms. The summed E-state index contributed by atoms with van der Waals surface area (Å²) in [4.78, 5) is 24.5. The number of carbonyl (C=O) groups excluding carboxylic acids is 1. The van der Waals surface area contributed by atoms with Crippen molar-refractivity contribution < 1.29 is 24.2 Å². The zero-order chi connectivity index (χ0) is 17.9. The Kier molecular flexibility index (Phi) is 8.39. The summed E-state index contributed by atoms with van der Waals surface area (Å²) in [6, 6.07) is 5.41. The summed E-state index contributed by atoms with van der Waals surface area (Å²) in [6.45, 7) is 5.12. The van der Waals surface area contributed by atoms with Crippen LogP contribution in [-0.2, 0) is 9.59 Å². The number of methoxy groups -OCH3 is 1. The molecule has 1 aromatic carbocycles. The quantitative estimate of drug-likeness (QED) is 0.665. The lowest BCUT2D eigenvalue weighted by atomic mass is 10.2. The van der Waals surface area contributed by atoms with Crippen LogP contribution in [0.3, 0.4) is 0 Å². The highest BCUT2D eigenvalue weighted by Gasteiger charge is 2.11. The van der Waals surface area contributed by atoms with Gasteiger partial charge in [0.05, 0.1) is 20.1 Å². The molecule has 0 aliphatic heterocycles. The van der Waals surface area contributed by atoms with E-state index in [1.54, 1.807) is 25.3 Å². The van der Waals surface area contributed by atoms with Gasteiger partial charge >= 0.3 is 5.97 Å². The Morgan fingerprint density at radius 2 is 1.96 bits per heavy atom. The summed E-state index contributed by atoms with van der Waals surface area (Å²) in [7, 11) is 1.56. The van der Waals surface area contributed by atoms with Gasteiger partial charge < -0.3 is 19.5 Å². The number of carboxylic acid groups (broad SMARTS) is 1. The molecular formula is C18H25NO5. The van der Waals surface area contributed by atoms with Gasteiger partial charge in [0.2, 0.25) is 5.91 Å². The fourth-order valence-corrected chi connectivity index (χ4v) is 2.17. The van der Waals surface area contributed by atoms with Crippen molar-refractivity contribution >= 4 is 18.0 Å². The minimum absolute atomic E-state index is 0.0591. The first-order valence-corrected chi connectivity index (χ1v) is 8.01. The van der Waals surface area contributed by atoms with Crippen LogP contribution in [0.5, 0.6) is 11.5 Å². The molecule has 0 saturated carbocycles. The van der Waals surface area contributed by atoms with Crippen LogP contribution in [0.4, 0.5) is 0 Å². The summed E-state index contributed by atoms with van der Waals surface area (Å²) in [5.74, 6) is 0.135. The van der Waals surface area contributed by atoms with Gasteiger partial charge in [-0.1, -0.05) is 13.0 Å². The summed E-state index contributed by atoms with van der Waals surface area (Å²) in [5, 5.41) is 8.77. The fraction of sp³-hybridized carbons (Fsp3) is 0.444. The lowest BCUT2D eigenvalue weighted by Crippen LogP contribution is -2.32. The third-order valence-corrected chi connectivity index (χ3v) is 3.31. The number of carboxylic acids is 1. The first-order chi connectivity index (χ1) is 11.5. The molecule has 1 aromatic rings. The Bertz CT molecular complexity index is 583. The van der Waals surface area contributed by atoms with Crippen molar-refractivity contribution in [1.29, 1.82) is 0 Å². The Labute approximate surface area is 142 Å². The van der Waals surface area contributed by atoms with E-state index in [1.165, 1.54) is 11.0 Å². The van der Waals surface area contributed by atoms with E-state index in [0.717, 1.165) is 12.0 Å². The van der Waals surface area contributed by atoms with Crippen molar-refractivity contribution in [2.24, 2.45) is 0 Å². The van der Waals surface area contributed by atoms with Crippen molar-refractivity contribution in [2.75, 3.05) is 26.8 Å². The van der Waals surface area contributed by atoms with E-state index in [4.69, 9.17) is 14.6 Å². The van der Waals surface area contributed by atoms with Crippen LogP contribution >= 0.6 is 0 Å². The van der Waals surface area contributed by atoms with Crippen LogP contribution in [-0.4, -0.2) is 48.7 Å². The standard InChI is InChI=1S/C18H25NO5/c1-4-11-19(12-10-18(21)22)17(20)9-7-14-6-8-15(24-5-2)16(13-14)23-3/h6-9,13H,4-5,10-12H2,1-3H3,(H,21,22)/b9-7+. The van der Waals surface area contributed by atoms with Crippen molar-refractivity contribution in [3.63, 3.8) is 0 Å². The summed E-state index contributed by atoms with van der Waals surface area (Å²) >= 11 is 0. The zero-order valence-electron chi connectivity index (χ0n) is 14.4. The van der Waals surface area contributed by atoms with E-state index in [0.29, 0.717) is 24.7 Å². The number of amides is 1. The molecular weight excluding hydrogens is 310 g/mol. The SMILES string of the molecule is CCCN(CCC(=O)O)C(=O)/C=C/c1ccc(OCC)c(OC)c1. The predicted molar refractivity (Wildman–Crippen MR) is 92.3 cm³/mol. The Morgan fingerprint density at radius 1 is 1.21 bits per heavy atom. The fourth-order valence-electron chi connectivity index (χ4n) is 2.17. The number of rotatable bonds is 10. The van der Waals surface area contributed by atoms with E-state index in [2.05, 4.69) is 0 Å².